The van der Waals surface area contributed by atoms with E-state index in [9.17, 15) is 13.2 Å². The van der Waals surface area contributed by atoms with Crippen LogP contribution in [0.1, 0.15) is 43.7 Å². The SMILES string of the molecule is CCOc1c(Cl)cc(CNC(=O)CCCCCN=C2NS(=O)(=O)c3ccccc32)cc1OC. The van der Waals surface area contributed by atoms with Crippen LogP contribution in [0.5, 0.6) is 11.5 Å². The molecule has 1 heterocycles. The monoisotopic (exact) mass is 493 g/mol. The number of carbonyl (C=O) groups is 1. The summed E-state index contributed by atoms with van der Waals surface area (Å²) in [6.07, 6.45) is 2.67. The first-order valence-corrected chi connectivity index (χ1v) is 12.6. The highest BCUT2D eigenvalue weighted by Gasteiger charge is 2.29. The van der Waals surface area contributed by atoms with Gasteiger partial charge in [0.2, 0.25) is 5.91 Å². The van der Waals surface area contributed by atoms with Gasteiger partial charge < -0.3 is 14.8 Å². The molecular weight excluding hydrogens is 466 g/mol. The molecule has 3 rings (SSSR count). The highest BCUT2D eigenvalue weighted by Crippen LogP contribution is 2.36. The zero-order valence-electron chi connectivity index (χ0n) is 18.7. The highest BCUT2D eigenvalue weighted by molar-refractivity contribution is 7.90. The molecule has 1 aliphatic heterocycles. The molecule has 2 aromatic carbocycles. The number of fused-ring (bicyclic) bond motifs is 1. The maximum atomic E-state index is 12.2. The lowest BCUT2D eigenvalue weighted by molar-refractivity contribution is -0.121. The van der Waals surface area contributed by atoms with E-state index in [1.54, 1.807) is 43.5 Å². The molecule has 0 atom stereocenters. The first kappa shape index (κ1) is 24.9. The van der Waals surface area contributed by atoms with E-state index in [1.165, 1.54) is 0 Å². The van der Waals surface area contributed by atoms with Gasteiger partial charge in [0.05, 0.1) is 23.6 Å². The number of amides is 1. The van der Waals surface area contributed by atoms with Crippen molar-refractivity contribution >= 4 is 33.4 Å². The molecule has 0 bridgehead atoms. The molecule has 0 unspecified atom stereocenters. The van der Waals surface area contributed by atoms with Crippen LogP contribution in [0.15, 0.2) is 46.3 Å². The third-order valence-corrected chi connectivity index (χ3v) is 6.74. The molecule has 178 valence electrons. The average Bonchev–Trinajstić information content (AvgIpc) is 3.06. The Morgan fingerprint density at radius 2 is 1.97 bits per heavy atom. The van der Waals surface area contributed by atoms with Crippen LogP contribution >= 0.6 is 11.6 Å². The summed E-state index contributed by atoms with van der Waals surface area (Å²) in [5.41, 5.74) is 1.42. The lowest BCUT2D eigenvalue weighted by Gasteiger charge is -2.13. The number of rotatable bonds is 11. The number of hydrogen-bond acceptors (Lipinski definition) is 6. The van der Waals surface area contributed by atoms with Crippen LogP contribution in [-0.4, -0.2) is 40.4 Å². The highest BCUT2D eigenvalue weighted by atomic mass is 35.5. The second-order valence-corrected chi connectivity index (χ2v) is 9.52. The third kappa shape index (κ3) is 6.39. The van der Waals surface area contributed by atoms with Crippen molar-refractivity contribution in [1.29, 1.82) is 0 Å². The number of halogens is 1. The van der Waals surface area contributed by atoms with Gasteiger partial charge in [0.25, 0.3) is 10.0 Å². The van der Waals surface area contributed by atoms with Crippen LogP contribution in [0.4, 0.5) is 0 Å². The van der Waals surface area contributed by atoms with E-state index in [0.29, 0.717) is 60.5 Å². The second-order valence-electron chi connectivity index (χ2n) is 7.46. The van der Waals surface area contributed by atoms with Crippen molar-refractivity contribution in [2.75, 3.05) is 20.3 Å². The molecule has 10 heteroatoms. The number of ether oxygens (including phenoxy) is 2. The topological polar surface area (TPSA) is 106 Å². The van der Waals surface area contributed by atoms with Gasteiger partial charge in [-0.25, -0.2) is 8.42 Å². The van der Waals surface area contributed by atoms with E-state index in [1.807, 2.05) is 6.92 Å². The minimum Gasteiger partial charge on any atom is -0.493 e. The first-order valence-electron chi connectivity index (χ1n) is 10.8. The number of benzene rings is 2. The fraction of sp³-hybridized carbons (Fsp3) is 0.391. The zero-order chi connectivity index (χ0) is 23.8. The molecule has 0 saturated carbocycles. The van der Waals surface area contributed by atoms with E-state index in [2.05, 4.69) is 15.0 Å². The minimum absolute atomic E-state index is 0.0530. The smallest absolute Gasteiger partial charge is 0.263 e. The van der Waals surface area contributed by atoms with Crippen LogP contribution in [0.25, 0.3) is 0 Å². The molecule has 33 heavy (non-hydrogen) atoms. The largest absolute Gasteiger partial charge is 0.493 e. The molecule has 1 amide bonds. The Balaban J connectivity index is 1.40. The summed E-state index contributed by atoms with van der Waals surface area (Å²) in [4.78, 5) is 16.8. The third-order valence-electron chi connectivity index (χ3n) is 5.06. The fourth-order valence-corrected chi connectivity index (χ4v) is 5.00. The Morgan fingerprint density at radius 3 is 2.73 bits per heavy atom. The summed E-state index contributed by atoms with van der Waals surface area (Å²) in [5, 5.41) is 3.33. The summed E-state index contributed by atoms with van der Waals surface area (Å²) in [6.45, 7) is 3.17. The molecule has 8 nitrogen and oxygen atoms in total. The van der Waals surface area contributed by atoms with Gasteiger partial charge in [-0.05, 0) is 49.6 Å². The standard InChI is InChI=1S/C23H28ClN3O5S/c1-3-32-22-18(24)13-16(14-19(22)31-2)15-26-21(28)11-5-4-8-12-25-23-17-9-6-7-10-20(17)33(29,30)27-23/h6-7,9-10,13-14H,3-5,8,11-12,15H2,1-2H3,(H,25,27)(H,26,28). The Hall–Kier alpha value is -2.78. The molecule has 0 aliphatic carbocycles. The number of methoxy groups -OCH3 is 1. The quantitative estimate of drug-likeness (QED) is 0.464. The maximum absolute atomic E-state index is 12.2. The number of nitrogens with zero attached hydrogens (tertiary/aromatic N) is 1. The van der Waals surface area contributed by atoms with Crippen molar-refractivity contribution in [3.63, 3.8) is 0 Å². The summed E-state index contributed by atoms with van der Waals surface area (Å²) in [6, 6.07) is 10.3. The molecule has 0 spiro atoms. The predicted molar refractivity (Wildman–Crippen MR) is 128 cm³/mol. The van der Waals surface area contributed by atoms with Gasteiger partial charge in [-0.1, -0.05) is 30.2 Å². The van der Waals surface area contributed by atoms with Gasteiger partial charge in [0.1, 0.15) is 5.84 Å². The van der Waals surface area contributed by atoms with Gasteiger partial charge >= 0.3 is 0 Å². The van der Waals surface area contributed by atoms with Gasteiger partial charge in [-0.2, -0.15) is 0 Å². The van der Waals surface area contributed by atoms with Gasteiger partial charge in [0, 0.05) is 25.1 Å². The van der Waals surface area contributed by atoms with Gasteiger partial charge in [-0.15, -0.1) is 0 Å². The molecule has 0 saturated heterocycles. The number of hydrogen-bond donors (Lipinski definition) is 2. The lowest BCUT2D eigenvalue weighted by Crippen LogP contribution is -2.22. The molecule has 2 N–H and O–H groups in total. The molecule has 2 aromatic rings. The van der Waals surface area contributed by atoms with E-state index in [4.69, 9.17) is 21.1 Å². The molecule has 1 aliphatic rings. The lowest BCUT2D eigenvalue weighted by atomic mass is 10.1. The number of carbonyl (C=O) groups excluding carboxylic acids is 1. The summed E-state index contributed by atoms with van der Waals surface area (Å²) in [5.74, 6) is 1.35. The molecule has 0 radical (unpaired) electrons. The van der Waals surface area contributed by atoms with Crippen LogP contribution < -0.4 is 19.5 Å². The van der Waals surface area contributed by atoms with Crippen LogP contribution in [-0.2, 0) is 21.4 Å². The summed E-state index contributed by atoms with van der Waals surface area (Å²) >= 11 is 6.26. The summed E-state index contributed by atoms with van der Waals surface area (Å²) in [7, 11) is -1.97. The predicted octanol–water partition coefficient (Wildman–Crippen LogP) is 3.66. The van der Waals surface area contributed by atoms with Gasteiger partial charge in [0.15, 0.2) is 11.5 Å². The van der Waals surface area contributed by atoms with E-state index >= 15 is 0 Å². The molecule has 0 fully saturated rings. The number of amidine groups is 1. The Morgan fingerprint density at radius 1 is 1.18 bits per heavy atom. The number of aliphatic imine (C=N–C) groups is 1. The van der Waals surface area contributed by atoms with Gasteiger partial charge in [-0.3, -0.25) is 14.5 Å². The summed E-state index contributed by atoms with van der Waals surface area (Å²) < 4.78 is 37.5. The van der Waals surface area contributed by atoms with Crippen molar-refractivity contribution in [2.45, 2.75) is 44.0 Å². The fourth-order valence-electron chi connectivity index (χ4n) is 3.47. The van der Waals surface area contributed by atoms with Crippen molar-refractivity contribution < 1.29 is 22.7 Å². The van der Waals surface area contributed by atoms with E-state index < -0.39 is 10.0 Å². The van der Waals surface area contributed by atoms with E-state index in [-0.39, 0.29) is 10.8 Å². The number of unbranched alkanes of at least 4 members (excludes halogenated alkanes) is 2. The average molecular weight is 494 g/mol. The van der Waals surface area contributed by atoms with Crippen molar-refractivity contribution in [3.05, 3.63) is 52.5 Å². The van der Waals surface area contributed by atoms with Crippen LogP contribution in [0, 0.1) is 0 Å². The van der Waals surface area contributed by atoms with Crippen LogP contribution in [0.2, 0.25) is 5.02 Å². The van der Waals surface area contributed by atoms with E-state index in [0.717, 1.165) is 18.4 Å². The maximum Gasteiger partial charge on any atom is 0.263 e. The Bertz CT molecular complexity index is 1130. The molecule has 0 aromatic heterocycles. The first-order chi connectivity index (χ1) is 15.9. The molecular formula is C23H28ClN3O5S. The zero-order valence-corrected chi connectivity index (χ0v) is 20.3. The number of nitrogens with one attached hydrogen (secondary N) is 2. The normalized spacial score (nSPS) is 15.1. The minimum atomic E-state index is -3.51. The number of sulfonamides is 1. The Labute approximate surface area is 199 Å². The van der Waals surface area contributed by atoms with Crippen molar-refractivity contribution in [1.82, 2.24) is 10.0 Å². The second kappa shape index (κ2) is 11.4. The van der Waals surface area contributed by atoms with Crippen molar-refractivity contribution in [2.24, 2.45) is 4.99 Å². The van der Waals surface area contributed by atoms with Crippen molar-refractivity contribution in [3.8, 4) is 11.5 Å². The Kier molecular flexibility index (Phi) is 8.57. The van der Waals surface area contributed by atoms with Crippen LogP contribution in [0.3, 0.4) is 0 Å².